The molecule has 2 bridgehead atoms. The molecule has 1 aromatic heterocycles. The van der Waals surface area contributed by atoms with Crippen LogP contribution in [0, 0.1) is 6.92 Å². The molecule has 2 atom stereocenters. The second-order valence-electron chi connectivity index (χ2n) is 7.81. The van der Waals surface area contributed by atoms with E-state index in [1.165, 1.54) is 5.69 Å². The monoisotopic (exact) mass is 392 g/mol. The number of aromatic nitrogens is 1. The van der Waals surface area contributed by atoms with Crippen LogP contribution in [0.15, 0.2) is 60.2 Å². The Bertz CT molecular complexity index is 951. The summed E-state index contributed by atoms with van der Waals surface area (Å²) in [7, 11) is 0. The molecule has 2 aromatic rings. The summed E-state index contributed by atoms with van der Waals surface area (Å²) in [5, 5.41) is 10.1. The van der Waals surface area contributed by atoms with Gasteiger partial charge >= 0.3 is 0 Å². The number of piperazine rings is 1. The third-order valence-electron chi connectivity index (χ3n) is 5.80. The fourth-order valence-electron chi connectivity index (χ4n) is 4.51. The fourth-order valence-corrected chi connectivity index (χ4v) is 4.51. The molecule has 7 nitrogen and oxygen atoms in total. The Hall–Kier alpha value is -3.35. The van der Waals surface area contributed by atoms with Gasteiger partial charge in [-0.15, -0.1) is 0 Å². The van der Waals surface area contributed by atoms with Crippen LogP contribution in [0.4, 0.5) is 5.69 Å². The summed E-state index contributed by atoms with van der Waals surface area (Å²) in [4.78, 5) is 9.04. The van der Waals surface area contributed by atoms with Gasteiger partial charge in [0.15, 0.2) is 0 Å². The number of phenols is 1. The number of likely N-dealkylation sites (tertiary alicyclic amines) is 1. The summed E-state index contributed by atoms with van der Waals surface area (Å²) < 4.78 is 0. The number of anilines is 1. The molecular weight excluding hydrogens is 364 g/mol. The fraction of sp³-hybridized carbons (Fsp3) is 0.318. The highest BCUT2D eigenvalue weighted by atomic mass is 16.3. The van der Waals surface area contributed by atoms with Crippen LogP contribution in [-0.4, -0.2) is 40.2 Å². The first-order chi connectivity index (χ1) is 13.9. The molecule has 152 valence electrons. The van der Waals surface area contributed by atoms with Gasteiger partial charge in [-0.1, -0.05) is 12.1 Å². The van der Waals surface area contributed by atoms with E-state index in [-0.39, 0.29) is 11.6 Å². The highest BCUT2D eigenvalue weighted by molar-refractivity contribution is 5.70. The molecule has 1 aromatic carbocycles. The molecule has 0 saturated carbocycles. The van der Waals surface area contributed by atoms with Crippen molar-refractivity contribution in [2.45, 2.75) is 31.8 Å². The van der Waals surface area contributed by atoms with Crippen molar-refractivity contribution < 1.29 is 5.11 Å². The number of pyridine rings is 1. The number of hydrogen-bond donors (Lipinski definition) is 4. The smallest absolute Gasteiger partial charge is 0.124 e. The van der Waals surface area contributed by atoms with Crippen LogP contribution < -0.4 is 22.1 Å². The molecule has 2 fully saturated rings. The molecule has 0 aliphatic carbocycles. The first-order valence-corrected chi connectivity index (χ1v) is 9.90. The minimum absolute atomic E-state index is 0.133. The number of hydrogen-bond acceptors (Lipinski definition) is 7. The van der Waals surface area contributed by atoms with Crippen LogP contribution in [0.25, 0.3) is 5.70 Å². The van der Waals surface area contributed by atoms with E-state index in [1.54, 1.807) is 24.3 Å². The van der Waals surface area contributed by atoms with Crippen LogP contribution in [0.1, 0.15) is 24.1 Å². The number of aromatic hydroxyl groups is 1. The SMILES string of the molecule is Cc1cc(N2C3CCC2CN(C(/C=C(\N)c2ccccc2O)=C(N)N)C3)ccn1. The average Bonchev–Trinajstić information content (AvgIpc) is 2.96. The zero-order valence-electron chi connectivity index (χ0n) is 16.6. The Labute approximate surface area is 171 Å². The van der Waals surface area contributed by atoms with E-state index in [2.05, 4.69) is 26.9 Å². The lowest BCUT2D eigenvalue weighted by Crippen LogP contribution is -2.53. The summed E-state index contributed by atoms with van der Waals surface area (Å²) in [6, 6.07) is 12.0. The number of allylic oxidation sites excluding steroid dienone is 1. The van der Waals surface area contributed by atoms with Crippen molar-refractivity contribution in [3.05, 3.63) is 71.4 Å². The van der Waals surface area contributed by atoms with Crippen LogP contribution in [-0.2, 0) is 0 Å². The molecule has 29 heavy (non-hydrogen) atoms. The van der Waals surface area contributed by atoms with Gasteiger partial charge in [-0.05, 0) is 50.1 Å². The van der Waals surface area contributed by atoms with Crippen LogP contribution in [0.5, 0.6) is 5.75 Å². The lowest BCUT2D eigenvalue weighted by Gasteiger charge is -2.44. The second kappa shape index (κ2) is 7.58. The number of rotatable bonds is 4. The Morgan fingerprint density at radius 1 is 1.10 bits per heavy atom. The zero-order chi connectivity index (χ0) is 20.5. The van der Waals surface area contributed by atoms with Crippen molar-refractivity contribution in [1.82, 2.24) is 9.88 Å². The normalized spacial score (nSPS) is 21.3. The van der Waals surface area contributed by atoms with Gasteiger partial charge in [-0.3, -0.25) is 4.98 Å². The van der Waals surface area contributed by atoms with Gasteiger partial charge in [0.25, 0.3) is 0 Å². The van der Waals surface area contributed by atoms with E-state index in [1.807, 2.05) is 19.2 Å². The number of nitrogens with zero attached hydrogens (tertiary/aromatic N) is 3. The van der Waals surface area contributed by atoms with E-state index in [0.29, 0.717) is 29.0 Å². The molecule has 2 saturated heterocycles. The van der Waals surface area contributed by atoms with Crippen molar-refractivity contribution in [2.75, 3.05) is 18.0 Å². The number of fused-ring (bicyclic) bond motifs is 2. The van der Waals surface area contributed by atoms with Gasteiger partial charge in [-0.2, -0.15) is 0 Å². The van der Waals surface area contributed by atoms with Crippen molar-refractivity contribution in [3.8, 4) is 5.75 Å². The molecular formula is C22H28N6O. The van der Waals surface area contributed by atoms with Crippen LogP contribution in [0.2, 0.25) is 0 Å². The third-order valence-corrected chi connectivity index (χ3v) is 5.80. The maximum Gasteiger partial charge on any atom is 0.124 e. The predicted octanol–water partition coefficient (Wildman–Crippen LogP) is 1.83. The number of phenolic OH excluding ortho intramolecular Hbond substituents is 1. The molecule has 4 rings (SSSR count). The summed E-state index contributed by atoms with van der Waals surface area (Å²) in [5.41, 5.74) is 22.3. The first kappa shape index (κ1) is 19.0. The first-order valence-electron chi connectivity index (χ1n) is 9.90. The van der Waals surface area contributed by atoms with Gasteiger partial charge in [0.1, 0.15) is 11.6 Å². The predicted molar refractivity (Wildman–Crippen MR) is 116 cm³/mol. The van der Waals surface area contributed by atoms with Crippen LogP contribution >= 0.6 is 0 Å². The highest BCUT2D eigenvalue weighted by Crippen LogP contribution is 2.36. The minimum atomic E-state index is 0.133. The van der Waals surface area contributed by atoms with E-state index in [0.717, 1.165) is 31.6 Å². The standard InChI is InChI=1S/C22H28N6O/c1-14-10-15(8-9-26-14)28-16-6-7-17(28)13-27(12-16)20(22(24)25)11-19(23)18-4-2-3-5-21(18)29/h2-5,8-11,16-17,29H,6-7,12-13,23-25H2,1H3/b19-11-. The van der Waals surface area contributed by atoms with Crippen molar-refractivity contribution in [1.29, 1.82) is 0 Å². The van der Waals surface area contributed by atoms with Gasteiger partial charge in [-0.25, -0.2) is 0 Å². The Balaban J connectivity index is 1.59. The van der Waals surface area contributed by atoms with Crippen molar-refractivity contribution in [3.63, 3.8) is 0 Å². The lowest BCUT2D eigenvalue weighted by molar-refractivity contribution is 0.277. The minimum Gasteiger partial charge on any atom is -0.507 e. The Morgan fingerprint density at radius 3 is 2.41 bits per heavy atom. The summed E-state index contributed by atoms with van der Waals surface area (Å²) in [5.74, 6) is 0.366. The van der Waals surface area contributed by atoms with Gasteiger partial charge in [0, 0.05) is 54.0 Å². The highest BCUT2D eigenvalue weighted by Gasteiger charge is 2.40. The second-order valence-corrected chi connectivity index (χ2v) is 7.81. The number of aryl methyl sites for hydroxylation is 1. The molecule has 2 aliphatic rings. The molecule has 3 heterocycles. The maximum atomic E-state index is 10.1. The Kier molecular flexibility index (Phi) is 4.96. The van der Waals surface area contributed by atoms with E-state index < -0.39 is 0 Å². The lowest BCUT2D eigenvalue weighted by atomic mass is 10.1. The molecule has 7 N–H and O–H groups in total. The number of benzene rings is 1. The van der Waals surface area contributed by atoms with Gasteiger partial charge in [0.05, 0.1) is 5.70 Å². The van der Waals surface area contributed by atoms with Crippen LogP contribution in [0.3, 0.4) is 0 Å². The van der Waals surface area contributed by atoms with Gasteiger partial charge in [0.2, 0.25) is 0 Å². The molecule has 2 unspecified atom stereocenters. The summed E-state index contributed by atoms with van der Waals surface area (Å²) in [6.45, 7) is 3.65. The molecule has 7 heteroatoms. The summed E-state index contributed by atoms with van der Waals surface area (Å²) in [6.07, 6.45) is 5.89. The van der Waals surface area contributed by atoms with E-state index >= 15 is 0 Å². The number of nitrogens with two attached hydrogens (primary N) is 3. The van der Waals surface area contributed by atoms with E-state index in [9.17, 15) is 5.11 Å². The van der Waals surface area contributed by atoms with Gasteiger partial charge < -0.3 is 32.1 Å². The third kappa shape index (κ3) is 3.68. The largest absolute Gasteiger partial charge is 0.507 e. The topological polar surface area (TPSA) is 118 Å². The van der Waals surface area contributed by atoms with E-state index in [4.69, 9.17) is 17.2 Å². The quantitative estimate of drug-likeness (QED) is 0.586. The zero-order valence-corrected chi connectivity index (χ0v) is 16.6. The van der Waals surface area contributed by atoms with Crippen molar-refractivity contribution in [2.24, 2.45) is 17.2 Å². The maximum absolute atomic E-state index is 10.1. The van der Waals surface area contributed by atoms with Crippen molar-refractivity contribution >= 4 is 11.4 Å². The molecule has 0 spiro atoms. The summed E-state index contributed by atoms with van der Waals surface area (Å²) >= 11 is 0. The number of para-hydroxylation sites is 1. The molecule has 0 radical (unpaired) electrons. The Morgan fingerprint density at radius 2 is 1.79 bits per heavy atom. The molecule has 2 aliphatic heterocycles. The average molecular weight is 393 g/mol. The molecule has 0 amide bonds.